The van der Waals surface area contributed by atoms with Crippen molar-refractivity contribution in [3.8, 4) is 11.5 Å². The number of carbonyl (C=O) groups is 1. The Morgan fingerprint density at radius 1 is 1.20 bits per heavy atom. The molecule has 3 N–H and O–H groups in total. The number of nitrogens with zero attached hydrogens (tertiary/aromatic N) is 2. The van der Waals surface area contributed by atoms with Crippen molar-refractivity contribution in [2.75, 3.05) is 24.6 Å². The number of hydrogen-bond acceptors (Lipinski definition) is 5. The number of hydrogen-bond donors (Lipinski definition) is 3. The molecule has 0 aliphatic carbocycles. The number of morpholine rings is 1. The van der Waals surface area contributed by atoms with E-state index < -0.39 is 23.1 Å². The number of anilines is 1. The number of benzene rings is 2. The Bertz CT molecular complexity index is 1380. The second-order valence-electron chi connectivity index (χ2n) is 8.62. The van der Waals surface area contributed by atoms with Gasteiger partial charge in [0.05, 0.1) is 41.1 Å². The lowest BCUT2D eigenvalue weighted by atomic mass is 9.99. The predicted octanol–water partition coefficient (Wildman–Crippen LogP) is 4.39. The van der Waals surface area contributed by atoms with Crippen molar-refractivity contribution in [3.05, 3.63) is 71.4 Å². The first-order chi connectivity index (χ1) is 16.7. The van der Waals surface area contributed by atoms with E-state index in [2.05, 4.69) is 19.9 Å². The van der Waals surface area contributed by atoms with Crippen LogP contribution >= 0.6 is 0 Å². The number of imidazole rings is 1. The van der Waals surface area contributed by atoms with Crippen molar-refractivity contribution in [2.45, 2.75) is 25.3 Å². The van der Waals surface area contributed by atoms with Crippen molar-refractivity contribution >= 4 is 22.5 Å². The van der Waals surface area contributed by atoms with E-state index >= 15 is 0 Å². The molecule has 2 atom stereocenters. The number of aliphatic hydroxyl groups is 1. The molecule has 3 heterocycles. The summed E-state index contributed by atoms with van der Waals surface area (Å²) in [5.74, 6) is -0.261. The van der Waals surface area contributed by atoms with E-state index in [0.717, 1.165) is 17.3 Å². The highest BCUT2D eigenvalue weighted by molar-refractivity contribution is 6.10. The van der Waals surface area contributed by atoms with Gasteiger partial charge >= 0.3 is 6.18 Å². The Hall–Kier alpha value is -3.63. The smallest absolute Gasteiger partial charge is 0.394 e. The highest BCUT2D eigenvalue weighted by Gasteiger charge is 2.35. The van der Waals surface area contributed by atoms with E-state index in [-0.39, 0.29) is 24.4 Å². The van der Waals surface area contributed by atoms with Crippen LogP contribution in [0, 0.1) is 0 Å². The molecule has 2 aromatic carbocycles. The number of aromatic amines is 2. The molecule has 2 aromatic heterocycles. The first-order valence-electron chi connectivity index (χ1n) is 11.1. The molecule has 7 nitrogen and oxygen atoms in total. The maximum Gasteiger partial charge on any atom is 0.417 e. The third kappa shape index (κ3) is 4.54. The topological polar surface area (TPSA) is 94.2 Å². The van der Waals surface area contributed by atoms with Gasteiger partial charge in [-0.2, -0.15) is 13.2 Å². The van der Waals surface area contributed by atoms with Gasteiger partial charge in [0.1, 0.15) is 0 Å². The number of H-pyrrole nitrogens is 2. The van der Waals surface area contributed by atoms with Gasteiger partial charge in [0.15, 0.2) is 11.6 Å². The van der Waals surface area contributed by atoms with Crippen LogP contribution in [0.2, 0.25) is 0 Å². The summed E-state index contributed by atoms with van der Waals surface area (Å²) in [6.07, 6.45) is -3.53. The first kappa shape index (κ1) is 23.1. The average molecular weight is 484 g/mol. The molecule has 0 bridgehead atoms. The Morgan fingerprint density at radius 3 is 2.77 bits per heavy atom. The average Bonchev–Trinajstić information content (AvgIpc) is 3.49. The van der Waals surface area contributed by atoms with Gasteiger partial charge in [-0.05, 0) is 37.3 Å². The predicted molar refractivity (Wildman–Crippen MR) is 124 cm³/mol. The summed E-state index contributed by atoms with van der Waals surface area (Å²) in [4.78, 5) is 25.7. The molecule has 1 aliphatic rings. The third-order valence-electron chi connectivity index (χ3n) is 6.04. The van der Waals surface area contributed by atoms with Crippen LogP contribution in [0.5, 0.6) is 0 Å². The van der Waals surface area contributed by atoms with Gasteiger partial charge in [-0.25, -0.2) is 4.98 Å². The number of aromatic nitrogens is 3. The lowest BCUT2D eigenvalue weighted by Crippen LogP contribution is -2.48. The molecule has 4 aromatic rings. The molecule has 35 heavy (non-hydrogen) atoms. The quantitative estimate of drug-likeness (QED) is 0.365. The van der Waals surface area contributed by atoms with Crippen LogP contribution in [-0.4, -0.2) is 57.7 Å². The van der Waals surface area contributed by atoms with Crippen LogP contribution in [0.4, 0.5) is 18.9 Å². The standard InChI is InChI=1S/C25H23F3N4O3/c1-14-11-32(12-17(13-33)35-14)16-6-7-20-21(9-16)31-24(30-20)22-8-15(10-29-22)23(34)18-4-2-3-5-19(18)25(26,27)28/h2-10,14,17,29,33H,11-13H2,1H3,(H,30,31)/t14-,17+/m1/s1. The number of alkyl halides is 3. The molecule has 5 rings (SSSR count). The van der Waals surface area contributed by atoms with E-state index in [4.69, 9.17) is 4.74 Å². The number of fused-ring (bicyclic) bond motifs is 1. The van der Waals surface area contributed by atoms with Crippen LogP contribution in [0.1, 0.15) is 28.4 Å². The lowest BCUT2D eigenvalue weighted by molar-refractivity contribution is -0.137. The number of ketones is 1. The Labute approximate surface area is 198 Å². The van der Waals surface area contributed by atoms with Crippen molar-refractivity contribution in [2.24, 2.45) is 0 Å². The van der Waals surface area contributed by atoms with Gasteiger partial charge in [-0.15, -0.1) is 0 Å². The molecule has 1 aliphatic heterocycles. The van der Waals surface area contributed by atoms with E-state index in [1.807, 2.05) is 25.1 Å². The van der Waals surface area contributed by atoms with E-state index in [0.29, 0.717) is 30.1 Å². The summed E-state index contributed by atoms with van der Waals surface area (Å²) in [5.41, 5.74) is 1.64. The van der Waals surface area contributed by atoms with Crippen molar-refractivity contribution in [3.63, 3.8) is 0 Å². The number of ether oxygens (including phenoxy) is 1. The zero-order valence-corrected chi connectivity index (χ0v) is 18.8. The van der Waals surface area contributed by atoms with Gasteiger partial charge in [0.25, 0.3) is 0 Å². The number of rotatable bonds is 5. The van der Waals surface area contributed by atoms with Crippen molar-refractivity contribution in [1.82, 2.24) is 15.0 Å². The first-order valence-corrected chi connectivity index (χ1v) is 11.1. The summed E-state index contributed by atoms with van der Waals surface area (Å²) in [7, 11) is 0. The molecule has 182 valence electrons. The number of aliphatic hydroxyl groups excluding tert-OH is 1. The lowest BCUT2D eigenvalue weighted by Gasteiger charge is -2.37. The Balaban J connectivity index is 1.42. The zero-order chi connectivity index (χ0) is 24.7. The minimum Gasteiger partial charge on any atom is -0.394 e. The number of halogens is 3. The minimum absolute atomic E-state index is 0.0220. The van der Waals surface area contributed by atoms with Crippen LogP contribution in [0.15, 0.2) is 54.7 Å². The molecule has 0 radical (unpaired) electrons. The minimum atomic E-state index is -4.63. The highest BCUT2D eigenvalue weighted by Crippen LogP contribution is 2.33. The molecular weight excluding hydrogens is 461 g/mol. The van der Waals surface area contributed by atoms with E-state index in [1.165, 1.54) is 30.5 Å². The van der Waals surface area contributed by atoms with Gasteiger partial charge in [-0.1, -0.05) is 18.2 Å². The maximum atomic E-state index is 13.3. The fourth-order valence-electron chi connectivity index (χ4n) is 4.42. The number of nitrogens with one attached hydrogen (secondary N) is 2. The molecule has 0 spiro atoms. The second kappa shape index (κ2) is 8.86. The van der Waals surface area contributed by atoms with E-state index in [1.54, 1.807) is 0 Å². The summed E-state index contributed by atoms with van der Waals surface area (Å²) in [5, 5.41) is 9.49. The molecule has 0 saturated carbocycles. The van der Waals surface area contributed by atoms with Gasteiger partial charge in [0.2, 0.25) is 0 Å². The molecule has 1 saturated heterocycles. The number of carbonyl (C=O) groups excluding carboxylic acids is 1. The highest BCUT2D eigenvalue weighted by atomic mass is 19.4. The normalized spacial score (nSPS) is 18.8. The fourth-order valence-corrected chi connectivity index (χ4v) is 4.42. The Kier molecular flexibility index (Phi) is 5.86. The van der Waals surface area contributed by atoms with Gasteiger partial charge in [0, 0.05) is 36.1 Å². The second-order valence-corrected chi connectivity index (χ2v) is 8.62. The van der Waals surface area contributed by atoms with Gasteiger partial charge < -0.3 is 24.7 Å². The zero-order valence-electron chi connectivity index (χ0n) is 18.8. The summed E-state index contributed by atoms with van der Waals surface area (Å²) in [6, 6.07) is 12.0. The molecule has 0 amide bonds. The largest absolute Gasteiger partial charge is 0.417 e. The summed E-state index contributed by atoms with van der Waals surface area (Å²) in [6.45, 7) is 3.15. The van der Waals surface area contributed by atoms with Crippen LogP contribution < -0.4 is 4.90 Å². The summed E-state index contributed by atoms with van der Waals surface area (Å²) >= 11 is 0. The molecule has 1 fully saturated rings. The van der Waals surface area contributed by atoms with Crippen LogP contribution in [0.25, 0.3) is 22.6 Å². The SMILES string of the molecule is C[C@@H]1CN(c2ccc3nc(-c4cc(C(=O)c5ccccc5C(F)(F)F)c[nH]4)[nH]c3c2)C[C@@H](CO)O1. The van der Waals surface area contributed by atoms with Crippen LogP contribution in [0.3, 0.4) is 0 Å². The summed E-state index contributed by atoms with van der Waals surface area (Å²) < 4.78 is 45.7. The Morgan fingerprint density at radius 2 is 2.00 bits per heavy atom. The van der Waals surface area contributed by atoms with Crippen LogP contribution in [-0.2, 0) is 10.9 Å². The molecule has 10 heteroatoms. The monoisotopic (exact) mass is 484 g/mol. The molecular formula is C25H23F3N4O3. The van der Waals surface area contributed by atoms with Gasteiger partial charge in [-0.3, -0.25) is 4.79 Å². The fraction of sp³-hybridized carbons (Fsp3) is 0.280. The van der Waals surface area contributed by atoms with Crippen molar-refractivity contribution in [1.29, 1.82) is 0 Å². The van der Waals surface area contributed by atoms with E-state index in [9.17, 15) is 23.1 Å². The maximum absolute atomic E-state index is 13.3. The third-order valence-corrected chi connectivity index (χ3v) is 6.04. The molecule has 0 unspecified atom stereocenters. The van der Waals surface area contributed by atoms with Crippen molar-refractivity contribution < 1.29 is 27.8 Å².